The van der Waals surface area contributed by atoms with Gasteiger partial charge in [-0.15, -0.1) is 5.10 Å². The van der Waals surface area contributed by atoms with Crippen LogP contribution in [-0.2, 0) is 29.7 Å². The van der Waals surface area contributed by atoms with Gasteiger partial charge in [0, 0.05) is 37.0 Å². The van der Waals surface area contributed by atoms with E-state index in [9.17, 15) is 9.90 Å². The largest absolute Gasteiger partial charge is 0.392 e. The lowest BCUT2D eigenvalue weighted by Crippen LogP contribution is -2.31. The maximum Gasteiger partial charge on any atom is 0.319 e. The number of ether oxygens (including phenoxy) is 2. The molecule has 2 heterocycles. The zero-order valence-corrected chi connectivity index (χ0v) is 22.3. The van der Waals surface area contributed by atoms with E-state index < -0.39 is 6.29 Å². The van der Waals surface area contributed by atoms with Crippen LogP contribution in [0.2, 0.25) is 0 Å². The molecule has 1 aromatic heterocycles. The van der Waals surface area contributed by atoms with Crippen LogP contribution in [0.25, 0.3) is 0 Å². The molecule has 202 valence electrons. The predicted octanol–water partition coefficient (Wildman–Crippen LogP) is 4.36. The second kappa shape index (κ2) is 12.9. The van der Waals surface area contributed by atoms with Gasteiger partial charge in [0.2, 0.25) is 5.16 Å². The molecule has 0 unspecified atom stereocenters. The summed E-state index contributed by atoms with van der Waals surface area (Å²) in [5.41, 5.74) is 4.40. The SMILES string of the molecule is Cn1nnnc1SC[C@H]1C[C@@H](c2ccc(CO)cc2)O[C@@H](c2ccc(NC(=O)NCc3ccccc3)cc2)O1. The summed E-state index contributed by atoms with van der Waals surface area (Å²) in [6, 6.07) is 24.7. The number of nitrogens with one attached hydrogen (secondary N) is 2. The molecule has 1 fully saturated rings. The molecule has 0 saturated carbocycles. The fraction of sp³-hybridized carbons (Fsp3) is 0.286. The van der Waals surface area contributed by atoms with Crippen molar-refractivity contribution in [3.63, 3.8) is 0 Å². The van der Waals surface area contributed by atoms with Gasteiger partial charge in [-0.3, -0.25) is 0 Å². The van der Waals surface area contributed by atoms with E-state index in [-0.39, 0.29) is 24.8 Å². The van der Waals surface area contributed by atoms with Crippen molar-refractivity contribution in [2.24, 2.45) is 7.05 Å². The first kappa shape index (κ1) is 26.8. The minimum atomic E-state index is -0.592. The van der Waals surface area contributed by atoms with E-state index in [0.717, 1.165) is 22.3 Å². The summed E-state index contributed by atoms with van der Waals surface area (Å²) in [5, 5.41) is 27.5. The van der Waals surface area contributed by atoms with Crippen LogP contribution in [0.5, 0.6) is 0 Å². The molecule has 1 aliphatic heterocycles. The van der Waals surface area contributed by atoms with Crippen LogP contribution in [0.4, 0.5) is 10.5 Å². The number of benzene rings is 3. The van der Waals surface area contributed by atoms with Gasteiger partial charge < -0.3 is 25.2 Å². The highest BCUT2D eigenvalue weighted by atomic mass is 32.2. The normalized spacial score (nSPS) is 19.0. The average molecular weight is 547 g/mol. The number of carbonyl (C=O) groups excluding carboxylic acids is 1. The molecule has 1 saturated heterocycles. The second-order valence-electron chi connectivity index (χ2n) is 9.16. The summed E-state index contributed by atoms with van der Waals surface area (Å²) in [5.74, 6) is 0.653. The first-order valence-electron chi connectivity index (χ1n) is 12.6. The summed E-state index contributed by atoms with van der Waals surface area (Å²) in [6.07, 6.45) is -0.240. The monoisotopic (exact) mass is 546 g/mol. The fourth-order valence-corrected chi connectivity index (χ4v) is 5.08. The van der Waals surface area contributed by atoms with E-state index in [1.807, 2.05) is 78.9 Å². The smallest absolute Gasteiger partial charge is 0.319 e. The van der Waals surface area contributed by atoms with Crippen molar-refractivity contribution in [1.82, 2.24) is 25.5 Å². The van der Waals surface area contributed by atoms with E-state index in [2.05, 4.69) is 26.2 Å². The van der Waals surface area contributed by atoms with Crippen molar-refractivity contribution in [2.45, 2.75) is 43.2 Å². The Kier molecular flexibility index (Phi) is 8.84. The molecule has 11 heteroatoms. The Hall–Kier alpha value is -3.77. The van der Waals surface area contributed by atoms with Crippen LogP contribution in [-0.4, -0.2) is 43.2 Å². The van der Waals surface area contributed by atoms with E-state index in [1.54, 1.807) is 11.7 Å². The van der Waals surface area contributed by atoms with E-state index in [1.165, 1.54) is 11.8 Å². The van der Waals surface area contributed by atoms with Gasteiger partial charge in [0.05, 0.1) is 18.8 Å². The van der Waals surface area contributed by atoms with Gasteiger partial charge in [0.1, 0.15) is 0 Å². The van der Waals surface area contributed by atoms with Gasteiger partial charge in [-0.1, -0.05) is 78.5 Å². The van der Waals surface area contributed by atoms with Crippen molar-refractivity contribution in [3.8, 4) is 0 Å². The zero-order valence-electron chi connectivity index (χ0n) is 21.4. The van der Waals surface area contributed by atoms with Gasteiger partial charge in [-0.25, -0.2) is 9.48 Å². The molecule has 2 amide bonds. The molecule has 0 spiro atoms. The lowest BCUT2D eigenvalue weighted by Gasteiger charge is -2.36. The molecular weight excluding hydrogens is 516 g/mol. The molecule has 1 aliphatic rings. The van der Waals surface area contributed by atoms with Gasteiger partial charge >= 0.3 is 6.03 Å². The first-order chi connectivity index (χ1) is 19.1. The number of tetrazole rings is 1. The molecule has 4 aromatic rings. The quantitative estimate of drug-likeness (QED) is 0.265. The highest BCUT2D eigenvalue weighted by Crippen LogP contribution is 2.39. The molecule has 10 nitrogen and oxygen atoms in total. The third kappa shape index (κ3) is 7.21. The van der Waals surface area contributed by atoms with Crippen LogP contribution >= 0.6 is 11.8 Å². The van der Waals surface area contributed by atoms with Crippen molar-refractivity contribution in [3.05, 3.63) is 101 Å². The number of carbonyl (C=O) groups is 1. The number of aryl methyl sites for hydroxylation is 1. The van der Waals surface area contributed by atoms with Gasteiger partial charge in [-0.05, 0) is 39.2 Å². The number of thioether (sulfide) groups is 1. The predicted molar refractivity (Wildman–Crippen MR) is 147 cm³/mol. The van der Waals surface area contributed by atoms with Crippen LogP contribution < -0.4 is 10.6 Å². The highest BCUT2D eigenvalue weighted by molar-refractivity contribution is 7.99. The first-order valence-corrected chi connectivity index (χ1v) is 13.6. The lowest BCUT2D eigenvalue weighted by atomic mass is 10.0. The Morgan fingerprint density at radius 1 is 1.00 bits per heavy atom. The number of aliphatic hydroxyl groups excluding tert-OH is 1. The number of hydrogen-bond acceptors (Lipinski definition) is 8. The number of aromatic nitrogens is 4. The van der Waals surface area contributed by atoms with Crippen LogP contribution in [0.1, 0.15) is 41.1 Å². The van der Waals surface area contributed by atoms with Gasteiger partial charge in [0.15, 0.2) is 6.29 Å². The highest BCUT2D eigenvalue weighted by Gasteiger charge is 2.32. The van der Waals surface area contributed by atoms with E-state index in [4.69, 9.17) is 9.47 Å². The summed E-state index contributed by atoms with van der Waals surface area (Å²) in [7, 11) is 1.80. The Morgan fingerprint density at radius 2 is 1.74 bits per heavy atom. The summed E-state index contributed by atoms with van der Waals surface area (Å²) in [4.78, 5) is 12.3. The molecule has 5 rings (SSSR count). The number of rotatable bonds is 9. The molecule has 39 heavy (non-hydrogen) atoms. The number of urea groups is 1. The molecule has 0 bridgehead atoms. The Balaban J connectivity index is 1.25. The maximum atomic E-state index is 12.3. The number of hydrogen-bond donors (Lipinski definition) is 3. The van der Waals surface area contributed by atoms with Crippen molar-refractivity contribution in [1.29, 1.82) is 0 Å². The molecule has 0 radical (unpaired) electrons. The topological polar surface area (TPSA) is 123 Å². The number of amides is 2. The third-order valence-electron chi connectivity index (χ3n) is 6.33. The minimum absolute atomic E-state index is 0.00674. The number of anilines is 1. The lowest BCUT2D eigenvalue weighted by molar-refractivity contribution is -0.245. The van der Waals surface area contributed by atoms with Crippen molar-refractivity contribution < 1.29 is 19.4 Å². The molecule has 3 aromatic carbocycles. The standard InChI is InChI=1S/C28H30N6O4S/c1-34-28(31-32-33-34)39-18-24-15-25(21-9-7-20(17-35)8-10-21)38-26(37-24)22-11-13-23(14-12-22)30-27(36)29-16-19-5-3-2-4-6-19/h2-14,24-26,35H,15-18H2,1H3,(H2,29,30,36)/t24-,25+,26+/m1/s1. The molecule has 3 N–H and O–H groups in total. The fourth-order valence-electron chi connectivity index (χ4n) is 4.21. The summed E-state index contributed by atoms with van der Waals surface area (Å²) >= 11 is 1.53. The minimum Gasteiger partial charge on any atom is -0.392 e. The van der Waals surface area contributed by atoms with Crippen molar-refractivity contribution in [2.75, 3.05) is 11.1 Å². The van der Waals surface area contributed by atoms with Crippen LogP contribution in [0.15, 0.2) is 84.0 Å². The molecule has 0 aliphatic carbocycles. The maximum absolute atomic E-state index is 12.3. The molecular formula is C28H30N6O4S. The van der Waals surface area contributed by atoms with Gasteiger partial charge in [0.25, 0.3) is 0 Å². The number of aliphatic hydroxyl groups is 1. The zero-order chi connectivity index (χ0) is 27.0. The molecule has 3 atom stereocenters. The Morgan fingerprint density at radius 3 is 2.44 bits per heavy atom. The summed E-state index contributed by atoms with van der Waals surface area (Å²) < 4.78 is 14.4. The second-order valence-corrected chi connectivity index (χ2v) is 10.1. The third-order valence-corrected chi connectivity index (χ3v) is 7.47. The van der Waals surface area contributed by atoms with Gasteiger partial charge in [-0.2, -0.15) is 0 Å². The van der Waals surface area contributed by atoms with Crippen molar-refractivity contribution >= 4 is 23.5 Å². The Labute approximate surface area is 230 Å². The Bertz CT molecular complexity index is 1350. The van der Waals surface area contributed by atoms with Crippen LogP contribution in [0.3, 0.4) is 0 Å². The van der Waals surface area contributed by atoms with E-state index >= 15 is 0 Å². The van der Waals surface area contributed by atoms with E-state index in [0.29, 0.717) is 29.6 Å². The average Bonchev–Trinajstić information content (AvgIpc) is 3.40. The number of nitrogens with zero attached hydrogens (tertiary/aromatic N) is 4. The summed E-state index contributed by atoms with van der Waals surface area (Å²) in [6.45, 7) is 0.437. The van der Waals surface area contributed by atoms with Crippen LogP contribution in [0, 0.1) is 0 Å².